The highest BCUT2D eigenvalue weighted by molar-refractivity contribution is 4.99. The van der Waals surface area contributed by atoms with Crippen molar-refractivity contribution in [1.29, 1.82) is 0 Å². The van der Waals surface area contributed by atoms with Gasteiger partial charge in [-0.05, 0) is 18.9 Å². The Morgan fingerprint density at radius 1 is 1.64 bits per heavy atom. The average molecular weight is 154 g/mol. The fourth-order valence-corrected chi connectivity index (χ4v) is 1.08. The van der Waals surface area contributed by atoms with E-state index in [4.69, 9.17) is 5.11 Å². The van der Waals surface area contributed by atoms with Crippen LogP contribution < -0.4 is 0 Å². The first kappa shape index (κ1) is 8.27. The first-order chi connectivity index (χ1) is 5.38. The molecule has 1 rings (SSSR count). The predicted molar refractivity (Wildman–Crippen MR) is 43.3 cm³/mol. The second-order valence-electron chi connectivity index (χ2n) is 2.48. The molecule has 0 atom stereocenters. The van der Waals surface area contributed by atoms with Crippen molar-refractivity contribution in [2.24, 2.45) is 0 Å². The molecule has 0 radical (unpaired) electrons. The smallest absolute Gasteiger partial charge is 0.0492 e. The predicted octanol–water partition coefficient (Wildman–Crippen LogP) is 0.828. The highest BCUT2D eigenvalue weighted by atomic mass is 16.3. The van der Waals surface area contributed by atoms with Crippen LogP contribution in [0.15, 0.2) is 12.3 Å². The Labute approximate surface area is 66.7 Å². The maximum absolute atomic E-state index is 8.59. The molecule has 0 aliphatic rings. The molecule has 1 N–H and O–H groups in total. The summed E-state index contributed by atoms with van der Waals surface area (Å²) in [5.41, 5.74) is 1.23. The van der Waals surface area contributed by atoms with E-state index in [1.54, 1.807) is 6.20 Å². The van der Waals surface area contributed by atoms with Gasteiger partial charge in [-0.25, -0.2) is 0 Å². The van der Waals surface area contributed by atoms with Crippen molar-refractivity contribution in [3.8, 4) is 0 Å². The lowest BCUT2D eigenvalue weighted by molar-refractivity contribution is 0.276. The Balaban J connectivity index is 2.54. The molecule has 0 unspecified atom stereocenters. The van der Waals surface area contributed by atoms with Crippen LogP contribution in [0.1, 0.15) is 19.0 Å². The lowest BCUT2D eigenvalue weighted by atomic mass is 10.3. The van der Waals surface area contributed by atoms with Gasteiger partial charge in [-0.15, -0.1) is 0 Å². The summed E-state index contributed by atoms with van der Waals surface area (Å²) in [7, 11) is 0. The topological polar surface area (TPSA) is 38.0 Å². The fraction of sp³-hybridized carbons (Fsp3) is 0.625. The molecule has 0 bridgehead atoms. The number of aliphatic hydroxyl groups is 1. The van der Waals surface area contributed by atoms with E-state index in [0.717, 1.165) is 19.4 Å². The lowest BCUT2D eigenvalue weighted by Crippen LogP contribution is -2.05. The molecule has 0 amide bonds. The second kappa shape index (κ2) is 4.13. The third-order valence-corrected chi connectivity index (χ3v) is 1.69. The van der Waals surface area contributed by atoms with E-state index in [1.165, 1.54) is 5.69 Å². The maximum atomic E-state index is 8.59. The zero-order valence-corrected chi connectivity index (χ0v) is 6.82. The summed E-state index contributed by atoms with van der Waals surface area (Å²) < 4.78 is 1.94. The molecule has 0 aromatic carbocycles. The maximum Gasteiger partial charge on any atom is 0.0492 e. The quantitative estimate of drug-likeness (QED) is 0.697. The number of hydrogen-bond donors (Lipinski definition) is 1. The molecule has 0 saturated carbocycles. The van der Waals surface area contributed by atoms with E-state index in [2.05, 4.69) is 12.0 Å². The fourth-order valence-electron chi connectivity index (χ4n) is 1.08. The van der Waals surface area contributed by atoms with Crippen LogP contribution in [0.25, 0.3) is 0 Å². The van der Waals surface area contributed by atoms with Crippen LogP contribution >= 0.6 is 0 Å². The summed E-state index contributed by atoms with van der Waals surface area (Å²) >= 11 is 0. The van der Waals surface area contributed by atoms with Crippen molar-refractivity contribution >= 4 is 0 Å². The molecule has 1 heterocycles. The number of hydrogen-bond acceptors (Lipinski definition) is 2. The highest BCUT2D eigenvalue weighted by Crippen LogP contribution is 1.99. The van der Waals surface area contributed by atoms with Crippen molar-refractivity contribution < 1.29 is 5.11 Å². The van der Waals surface area contributed by atoms with Crippen LogP contribution in [0.4, 0.5) is 0 Å². The van der Waals surface area contributed by atoms with Gasteiger partial charge in [0.05, 0.1) is 0 Å². The first-order valence-corrected chi connectivity index (χ1v) is 4.00. The zero-order chi connectivity index (χ0) is 8.10. The van der Waals surface area contributed by atoms with Gasteiger partial charge in [-0.3, -0.25) is 4.68 Å². The third-order valence-electron chi connectivity index (χ3n) is 1.69. The summed E-state index contributed by atoms with van der Waals surface area (Å²) in [4.78, 5) is 0. The Hall–Kier alpha value is -0.830. The van der Waals surface area contributed by atoms with Gasteiger partial charge in [-0.2, -0.15) is 5.10 Å². The first-order valence-electron chi connectivity index (χ1n) is 4.00. The standard InChI is InChI=1S/C8H14N2O/c1-2-8-4-5-9-10(8)6-3-7-11/h4-5,11H,2-3,6-7H2,1H3. The van der Waals surface area contributed by atoms with E-state index in [1.807, 2.05) is 10.7 Å². The minimum atomic E-state index is 0.239. The van der Waals surface area contributed by atoms with Crippen molar-refractivity contribution in [2.45, 2.75) is 26.3 Å². The summed E-state index contributed by atoms with van der Waals surface area (Å²) in [6, 6.07) is 2.01. The second-order valence-corrected chi connectivity index (χ2v) is 2.48. The molecule has 0 aliphatic heterocycles. The summed E-state index contributed by atoms with van der Waals surface area (Å²) in [5.74, 6) is 0. The molecular formula is C8H14N2O. The van der Waals surface area contributed by atoms with Gasteiger partial charge >= 0.3 is 0 Å². The third kappa shape index (κ3) is 2.05. The molecule has 11 heavy (non-hydrogen) atoms. The number of aliphatic hydroxyl groups excluding tert-OH is 1. The number of nitrogens with zero attached hydrogens (tertiary/aromatic N) is 2. The van der Waals surface area contributed by atoms with Gasteiger partial charge in [0.15, 0.2) is 0 Å². The molecular weight excluding hydrogens is 140 g/mol. The van der Waals surface area contributed by atoms with Crippen LogP contribution in [-0.2, 0) is 13.0 Å². The average Bonchev–Trinajstić information content (AvgIpc) is 2.47. The number of aryl methyl sites for hydroxylation is 2. The van der Waals surface area contributed by atoms with Crippen LogP contribution in [0, 0.1) is 0 Å². The minimum Gasteiger partial charge on any atom is -0.396 e. The Morgan fingerprint density at radius 3 is 3.09 bits per heavy atom. The highest BCUT2D eigenvalue weighted by Gasteiger charge is 1.97. The van der Waals surface area contributed by atoms with Crippen molar-refractivity contribution in [1.82, 2.24) is 9.78 Å². The van der Waals surface area contributed by atoms with Crippen molar-refractivity contribution in [3.63, 3.8) is 0 Å². The van der Waals surface area contributed by atoms with Crippen LogP contribution in [-0.4, -0.2) is 21.5 Å². The van der Waals surface area contributed by atoms with E-state index < -0.39 is 0 Å². The summed E-state index contributed by atoms with van der Waals surface area (Å²) in [6.45, 7) is 3.17. The SMILES string of the molecule is CCc1ccnn1CCCO. The molecule has 0 saturated heterocycles. The molecule has 3 heteroatoms. The molecule has 62 valence electrons. The summed E-state index contributed by atoms with van der Waals surface area (Å²) in [6.07, 6.45) is 3.59. The van der Waals surface area contributed by atoms with E-state index >= 15 is 0 Å². The van der Waals surface area contributed by atoms with E-state index in [-0.39, 0.29) is 6.61 Å². The Bertz CT molecular complexity index is 208. The van der Waals surface area contributed by atoms with Gasteiger partial charge in [0.2, 0.25) is 0 Å². The van der Waals surface area contributed by atoms with Gasteiger partial charge < -0.3 is 5.11 Å². The van der Waals surface area contributed by atoms with E-state index in [9.17, 15) is 0 Å². The molecule has 0 fully saturated rings. The van der Waals surface area contributed by atoms with Gasteiger partial charge in [-0.1, -0.05) is 6.92 Å². The molecule has 1 aromatic heterocycles. The van der Waals surface area contributed by atoms with Crippen LogP contribution in [0.2, 0.25) is 0 Å². The molecule has 3 nitrogen and oxygen atoms in total. The Kier molecular flexibility index (Phi) is 3.11. The van der Waals surface area contributed by atoms with Crippen LogP contribution in [0.5, 0.6) is 0 Å². The molecule has 0 spiro atoms. The largest absolute Gasteiger partial charge is 0.396 e. The van der Waals surface area contributed by atoms with Gasteiger partial charge in [0, 0.05) is 25.0 Å². The zero-order valence-electron chi connectivity index (χ0n) is 6.82. The molecule has 0 aliphatic carbocycles. The van der Waals surface area contributed by atoms with Gasteiger partial charge in [0.1, 0.15) is 0 Å². The molecule has 1 aromatic rings. The van der Waals surface area contributed by atoms with Crippen molar-refractivity contribution in [2.75, 3.05) is 6.61 Å². The van der Waals surface area contributed by atoms with Gasteiger partial charge in [0.25, 0.3) is 0 Å². The number of rotatable bonds is 4. The van der Waals surface area contributed by atoms with Crippen LogP contribution in [0.3, 0.4) is 0 Å². The summed E-state index contributed by atoms with van der Waals surface area (Å²) in [5, 5.41) is 12.7. The lowest BCUT2D eigenvalue weighted by Gasteiger charge is -2.02. The Morgan fingerprint density at radius 2 is 2.45 bits per heavy atom. The monoisotopic (exact) mass is 154 g/mol. The van der Waals surface area contributed by atoms with E-state index in [0.29, 0.717) is 0 Å². The number of aromatic nitrogens is 2. The normalized spacial score (nSPS) is 10.4. The minimum absolute atomic E-state index is 0.239. The van der Waals surface area contributed by atoms with Crippen molar-refractivity contribution in [3.05, 3.63) is 18.0 Å².